The maximum Gasteiger partial charge on any atom is -0.0195 e. The summed E-state index contributed by atoms with van der Waals surface area (Å²) < 4.78 is 0. The summed E-state index contributed by atoms with van der Waals surface area (Å²) in [5.74, 6) is 0. The Morgan fingerprint density at radius 3 is 0.806 bits per heavy atom. The van der Waals surface area contributed by atoms with E-state index in [4.69, 9.17) is 0 Å². The van der Waals surface area contributed by atoms with E-state index in [0.29, 0.717) is 0 Å². The number of rotatable bonds is 9. The van der Waals surface area contributed by atoms with Crippen molar-refractivity contribution < 1.29 is 0 Å². The van der Waals surface area contributed by atoms with E-state index in [-0.39, 0.29) is 28.3 Å². The van der Waals surface area contributed by atoms with E-state index in [1.165, 1.54) is 46.4 Å². The molecule has 0 nitrogen and oxygen atoms in total. The van der Waals surface area contributed by atoms with Crippen LogP contribution in [0.2, 0.25) is 0 Å². The summed E-state index contributed by atoms with van der Waals surface area (Å²) >= 11 is 0. The van der Waals surface area contributed by atoms with Crippen LogP contribution in [-0.4, -0.2) is 12.3 Å². The van der Waals surface area contributed by atoms with Gasteiger partial charge in [-0.15, -0.1) is 12.4 Å². The lowest BCUT2D eigenvalue weighted by Crippen LogP contribution is -2.15. The molecular formula is C28H29ClP2. The molecule has 4 aromatic rings. The van der Waals surface area contributed by atoms with Gasteiger partial charge in [-0.3, -0.25) is 0 Å². The maximum absolute atomic E-state index is 2.31. The summed E-state index contributed by atoms with van der Waals surface area (Å²) in [6.45, 7) is 0. The lowest BCUT2D eigenvalue weighted by atomic mass is 10.4. The Hall–Kier alpha value is -1.97. The van der Waals surface area contributed by atoms with Gasteiger partial charge in [0.1, 0.15) is 0 Å². The second-order valence-corrected chi connectivity index (χ2v) is 12.0. The summed E-state index contributed by atoms with van der Waals surface area (Å²) in [6, 6.07) is 44.3. The van der Waals surface area contributed by atoms with Gasteiger partial charge in [-0.05, 0) is 62.2 Å². The summed E-state index contributed by atoms with van der Waals surface area (Å²) in [7, 11) is -0.566. The normalized spacial score (nSPS) is 10.8. The van der Waals surface area contributed by atoms with Crippen molar-refractivity contribution in [3.63, 3.8) is 0 Å². The first-order chi connectivity index (χ1) is 14.9. The fourth-order valence-electron chi connectivity index (χ4n) is 3.79. The van der Waals surface area contributed by atoms with Gasteiger partial charge in [0.25, 0.3) is 0 Å². The largest absolute Gasteiger partial charge is 0.147 e. The third-order valence-electron chi connectivity index (χ3n) is 5.28. The molecule has 0 aliphatic rings. The zero-order valence-corrected chi connectivity index (χ0v) is 20.3. The molecule has 31 heavy (non-hydrogen) atoms. The summed E-state index contributed by atoms with van der Waals surface area (Å²) in [5, 5.41) is 5.97. The standard InChI is InChI=1S/C28H28P2.ClH/c1-5-15-25(16-6-1)29(26-17-7-2-8-18-26)23-13-14-24-30(27-19-9-3-10-20-27)28-21-11-4-12-22-28;/h1-12,15-22H,13-14,23-24H2;1H. The molecule has 0 aromatic heterocycles. The van der Waals surface area contributed by atoms with E-state index in [1.807, 2.05) is 0 Å². The molecule has 0 fully saturated rings. The molecule has 0 aliphatic heterocycles. The molecule has 0 heterocycles. The van der Waals surface area contributed by atoms with Crippen LogP contribution in [0, 0.1) is 0 Å². The minimum Gasteiger partial charge on any atom is -0.147 e. The molecule has 158 valence electrons. The quantitative estimate of drug-likeness (QED) is 0.198. The Morgan fingerprint density at radius 2 is 0.581 bits per heavy atom. The first kappa shape index (κ1) is 23.7. The maximum atomic E-state index is 2.31. The molecule has 0 N–H and O–H groups in total. The van der Waals surface area contributed by atoms with Crippen molar-refractivity contribution in [2.24, 2.45) is 0 Å². The molecule has 0 radical (unpaired) electrons. The van der Waals surface area contributed by atoms with E-state index in [9.17, 15) is 0 Å². The van der Waals surface area contributed by atoms with E-state index >= 15 is 0 Å². The van der Waals surface area contributed by atoms with Gasteiger partial charge >= 0.3 is 0 Å². The predicted molar refractivity (Wildman–Crippen MR) is 144 cm³/mol. The van der Waals surface area contributed by atoms with Gasteiger partial charge < -0.3 is 0 Å². The van der Waals surface area contributed by atoms with Crippen LogP contribution < -0.4 is 21.2 Å². The van der Waals surface area contributed by atoms with Gasteiger partial charge in [-0.2, -0.15) is 0 Å². The average molecular weight is 463 g/mol. The van der Waals surface area contributed by atoms with Crippen LogP contribution in [0.5, 0.6) is 0 Å². The molecule has 0 bridgehead atoms. The topological polar surface area (TPSA) is 0 Å². The molecule has 3 heteroatoms. The van der Waals surface area contributed by atoms with Gasteiger partial charge in [-0.25, -0.2) is 0 Å². The summed E-state index contributed by atoms with van der Waals surface area (Å²) in [5.41, 5.74) is 0. The van der Waals surface area contributed by atoms with Crippen LogP contribution in [0.3, 0.4) is 0 Å². The molecule has 0 atom stereocenters. The van der Waals surface area contributed by atoms with Gasteiger partial charge in [0.05, 0.1) is 0 Å². The molecule has 0 saturated heterocycles. The van der Waals surface area contributed by atoms with Crippen molar-refractivity contribution >= 4 is 49.5 Å². The average Bonchev–Trinajstić information content (AvgIpc) is 2.84. The Bertz CT molecular complexity index is 828. The van der Waals surface area contributed by atoms with Crippen molar-refractivity contribution in [3.8, 4) is 0 Å². The highest BCUT2D eigenvalue weighted by Gasteiger charge is 2.15. The third-order valence-corrected chi connectivity index (χ3v) is 10.5. The molecular weight excluding hydrogens is 434 g/mol. The van der Waals surface area contributed by atoms with E-state index in [1.54, 1.807) is 0 Å². The van der Waals surface area contributed by atoms with Crippen molar-refractivity contribution in [1.29, 1.82) is 0 Å². The number of hydrogen-bond acceptors (Lipinski definition) is 0. The number of benzene rings is 4. The van der Waals surface area contributed by atoms with E-state index in [0.717, 1.165) is 0 Å². The fourth-order valence-corrected chi connectivity index (χ4v) is 8.62. The Labute approximate surface area is 195 Å². The lowest BCUT2D eigenvalue weighted by molar-refractivity contribution is 0.902. The first-order valence-electron chi connectivity index (χ1n) is 10.7. The van der Waals surface area contributed by atoms with Crippen LogP contribution in [-0.2, 0) is 0 Å². The van der Waals surface area contributed by atoms with Gasteiger partial charge in [0.15, 0.2) is 0 Å². The number of hydrogen-bond donors (Lipinski definition) is 0. The minimum atomic E-state index is -0.283. The second-order valence-electron chi connectivity index (χ2n) is 7.35. The smallest absolute Gasteiger partial charge is 0.0195 e. The monoisotopic (exact) mass is 462 g/mol. The molecule has 0 spiro atoms. The van der Waals surface area contributed by atoms with Crippen LogP contribution in [0.15, 0.2) is 121 Å². The minimum absolute atomic E-state index is 0. The zero-order valence-electron chi connectivity index (χ0n) is 17.7. The predicted octanol–water partition coefficient (Wildman–Crippen LogP) is 6.45. The molecule has 0 amide bonds. The van der Waals surface area contributed by atoms with Crippen LogP contribution in [0.25, 0.3) is 0 Å². The Kier molecular flexibility index (Phi) is 9.77. The van der Waals surface area contributed by atoms with Gasteiger partial charge in [0.2, 0.25) is 0 Å². The van der Waals surface area contributed by atoms with Crippen LogP contribution in [0.4, 0.5) is 0 Å². The molecule has 0 unspecified atom stereocenters. The summed E-state index contributed by atoms with van der Waals surface area (Å²) in [4.78, 5) is 0. The number of unbranched alkanes of at least 4 members (excludes halogenated alkanes) is 1. The Balaban J connectivity index is 0.00000272. The highest BCUT2D eigenvalue weighted by Crippen LogP contribution is 2.38. The molecule has 0 saturated carbocycles. The third kappa shape index (κ3) is 6.75. The summed E-state index contributed by atoms with van der Waals surface area (Å²) in [6.07, 6.45) is 5.06. The van der Waals surface area contributed by atoms with Gasteiger partial charge in [0, 0.05) is 0 Å². The lowest BCUT2D eigenvalue weighted by Gasteiger charge is -2.21. The van der Waals surface area contributed by atoms with Crippen molar-refractivity contribution in [2.45, 2.75) is 12.8 Å². The van der Waals surface area contributed by atoms with Crippen molar-refractivity contribution in [2.75, 3.05) is 12.3 Å². The van der Waals surface area contributed by atoms with Crippen molar-refractivity contribution in [1.82, 2.24) is 0 Å². The van der Waals surface area contributed by atoms with E-state index in [2.05, 4.69) is 121 Å². The molecule has 4 rings (SSSR count). The fraction of sp³-hybridized carbons (Fsp3) is 0.143. The highest BCUT2D eigenvalue weighted by atomic mass is 35.5. The Morgan fingerprint density at radius 1 is 0.355 bits per heavy atom. The van der Waals surface area contributed by atoms with E-state index < -0.39 is 0 Å². The van der Waals surface area contributed by atoms with Crippen LogP contribution in [0.1, 0.15) is 12.8 Å². The highest BCUT2D eigenvalue weighted by molar-refractivity contribution is 7.73. The second kappa shape index (κ2) is 12.8. The molecule has 0 aliphatic carbocycles. The van der Waals surface area contributed by atoms with Gasteiger partial charge in [-0.1, -0.05) is 121 Å². The number of halogens is 1. The molecule has 4 aromatic carbocycles. The zero-order chi connectivity index (χ0) is 20.4. The van der Waals surface area contributed by atoms with Crippen molar-refractivity contribution in [3.05, 3.63) is 121 Å². The van der Waals surface area contributed by atoms with Crippen LogP contribution >= 0.6 is 28.3 Å². The first-order valence-corrected chi connectivity index (χ1v) is 13.7. The SMILES string of the molecule is Cl.c1ccc(P(CCCCP(c2ccccc2)c2ccccc2)c2ccccc2)cc1.